The molecule has 1 fully saturated rings. The van der Waals surface area contributed by atoms with Crippen LogP contribution in [0, 0.1) is 0 Å². The van der Waals surface area contributed by atoms with Gasteiger partial charge in [-0.15, -0.1) is 23.1 Å². The smallest absolute Gasteiger partial charge is 0.232 e. The molecule has 3 nitrogen and oxygen atoms in total. The Kier molecular flexibility index (Phi) is 6.60. The Labute approximate surface area is 156 Å². The molecule has 1 aliphatic rings. The molecule has 0 saturated carbocycles. The van der Waals surface area contributed by atoms with Crippen LogP contribution in [0.25, 0.3) is 0 Å². The standard InChI is InChI=1S/C18H21ClN2OS2/c19-16-4-1-3-15(11-16)13-23-14-18(22)21-8-6-20(7-9-21)12-17-5-2-10-24-17/h1-5,10-11H,6-9,12-14H2. The number of carbonyl (C=O) groups excluding carboxylic acids is 1. The Hall–Kier alpha value is -1.01. The molecule has 0 N–H and O–H groups in total. The van der Waals surface area contributed by atoms with Crippen molar-refractivity contribution in [1.82, 2.24) is 9.80 Å². The minimum absolute atomic E-state index is 0.248. The van der Waals surface area contributed by atoms with Crippen LogP contribution in [0.4, 0.5) is 0 Å². The molecular formula is C18H21ClN2OS2. The number of halogens is 1. The van der Waals surface area contributed by atoms with E-state index >= 15 is 0 Å². The summed E-state index contributed by atoms with van der Waals surface area (Å²) in [6, 6.07) is 12.1. The van der Waals surface area contributed by atoms with Crippen molar-refractivity contribution in [2.24, 2.45) is 0 Å². The highest BCUT2D eigenvalue weighted by molar-refractivity contribution is 7.99. The Morgan fingerprint density at radius 3 is 2.71 bits per heavy atom. The van der Waals surface area contributed by atoms with Gasteiger partial charge in [0.15, 0.2) is 0 Å². The zero-order valence-corrected chi connectivity index (χ0v) is 15.9. The van der Waals surface area contributed by atoms with E-state index < -0.39 is 0 Å². The van der Waals surface area contributed by atoms with Crippen LogP contribution in [0.5, 0.6) is 0 Å². The lowest BCUT2D eigenvalue weighted by Crippen LogP contribution is -2.48. The minimum atomic E-state index is 0.248. The molecule has 1 aliphatic heterocycles. The van der Waals surface area contributed by atoms with Gasteiger partial charge in [0.05, 0.1) is 5.75 Å². The molecular weight excluding hydrogens is 360 g/mol. The van der Waals surface area contributed by atoms with Gasteiger partial charge < -0.3 is 4.90 Å². The van der Waals surface area contributed by atoms with E-state index in [2.05, 4.69) is 22.4 Å². The molecule has 0 unspecified atom stereocenters. The van der Waals surface area contributed by atoms with Crippen LogP contribution in [-0.2, 0) is 17.1 Å². The SMILES string of the molecule is O=C(CSCc1cccc(Cl)c1)N1CCN(Cc2cccs2)CC1. The fourth-order valence-electron chi connectivity index (χ4n) is 2.75. The quantitative estimate of drug-likeness (QED) is 0.757. The number of carbonyl (C=O) groups is 1. The highest BCUT2D eigenvalue weighted by atomic mass is 35.5. The molecule has 6 heteroatoms. The average molecular weight is 381 g/mol. The van der Waals surface area contributed by atoms with Gasteiger partial charge in [-0.05, 0) is 29.1 Å². The monoisotopic (exact) mass is 380 g/mol. The van der Waals surface area contributed by atoms with Crippen LogP contribution in [0.3, 0.4) is 0 Å². The van der Waals surface area contributed by atoms with Crippen molar-refractivity contribution >= 4 is 40.6 Å². The van der Waals surface area contributed by atoms with Gasteiger partial charge in [-0.25, -0.2) is 0 Å². The van der Waals surface area contributed by atoms with E-state index in [-0.39, 0.29) is 5.91 Å². The number of hydrogen-bond acceptors (Lipinski definition) is 4. The van der Waals surface area contributed by atoms with Crippen molar-refractivity contribution < 1.29 is 4.79 Å². The summed E-state index contributed by atoms with van der Waals surface area (Å²) in [5, 5.41) is 2.87. The topological polar surface area (TPSA) is 23.6 Å². The first-order chi connectivity index (χ1) is 11.7. The third-order valence-corrected chi connectivity index (χ3v) is 6.15. The van der Waals surface area contributed by atoms with Crippen molar-refractivity contribution in [2.75, 3.05) is 31.9 Å². The highest BCUT2D eigenvalue weighted by Crippen LogP contribution is 2.18. The maximum atomic E-state index is 12.3. The summed E-state index contributed by atoms with van der Waals surface area (Å²) in [5.74, 6) is 1.61. The fourth-order valence-corrected chi connectivity index (χ4v) is 4.59. The number of rotatable bonds is 6. The summed E-state index contributed by atoms with van der Waals surface area (Å²) in [5.41, 5.74) is 1.17. The lowest BCUT2D eigenvalue weighted by molar-refractivity contribution is -0.130. The maximum Gasteiger partial charge on any atom is 0.232 e. The zero-order chi connectivity index (χ0) is 16.8. The van der Waals surface area contributed by atoms with Gasteiger partial charge in [0.1, 0.15) is 0 Å². The van der Waals surface area contributed by atoms with E-state index in [0.717, 1.165) is 43.5 Å². The lowest BCUT2D eigenvalue weighted by atomic mass is 10.2. The molecule has 0 bridgehead atoms. The van der Waals surface area contributed by atoms with Crippen LogP contribution >= 0.6 is 34.7 Å². The van der Waals surface area contributed by atoms with Gasteiger partial charge in [-0.2, -0.15) is 0 Å². The molecule has 1 aromatic heterocycles. The molecule has 128 valence electrons. The molecule has 3 rings (SSSR count). The number of nitrogens with zero attached hydrogens (tertiary/aromatic N) is 2. The molecule has 2 heterocycles. The number of thiophene rings is 1. The molecule has 0 spiro atoms. The lowest BCUT2D eigenvalue weighted by Gasteiger charge is -2.34. The van der Waals surface area contributed by atoms with Gasteiger partial charge in [0, 0.05) is 48.4 Å². The second-order valence-corrected chi connectivity index (χ2v) is 8.31. The van der Waals surface area contributed by atoms with E-state index in [1.165, 1.54) is 10.4 Å². The Morgan fingerprint density at radius 2 is 2.00 bits per heavy atom. The largest absolute Gasteiger partial charge is 0.339 e. The second-order valence-electron chi connectivity index (χ2n) is 5.86. The number of amides is 1. The molecule has 24 heavy (non-hydrogen) atoms. The van der Waals surface area contributed by atoms with Crippen molar-refractivity contribution in [1.29, 1.82) is 0 Å². The van der Waals surface area contributed by atoms with E-state index in [1.54, 1.807) is 23.1 Å². The first-order valence-corrected chi connectivity index (χ1v) is 10.5. The van der Waals surface area contributed by atoms with Crippen LogP contribution < -0.4 is 0 Å². The number of thioether (sulfide) groups is 1. The normalized spacial score (nSPS) is 15.6. The van der Waals surface area contributed by atoms with E-state index in [4.69, 9.17) is 11.6 Å². The summed E-state index contributed by atoms with van der Waals surface area (Å²) in [7, 11) is 0. The zero-order valence-electron chi connectivity index (χ0n) is 13.5. The summed E-state index contributed by atoms with van der Waals surface area (Å²) in [4.78, 5) is 18.2. The van der Waals surface area contributed by atoms with Gasteiger partial charge in [0.2, 0.25) is 5.91 Å². The van der Waals surface area contributed by atoms with Crippen LogP contribution in [-0.4, -0.2) is 47.6 Å². The predicted molar refractivity (Wildman–Crippen MR) is 104 cm³/mol. The number of benzene rings is 1. The van der Waals surface area contributed by atoms with Gasteiger partial charge in [-0.3, -0.25) is 9.69 Å². The Balaban J connectivity index is 1.37. The van der Waals surface area contributed by atoms with Gasteiger partial charge >= 0.3 is 0 Å². The average Bonchev–Trinajstić information content (AvgIpc) is 3.08. The van der Waals surface area contributed by atoms with Crippen molar-refractivity contribution in [2.45, 2.75) is 12.3 Å². The van der Waals surface area contributed by atoms with E-state index in [0.29, 0.717) is 5.75 Å². The highest BCUT2D eigenvalue weighted by Gasteiger charge is 2.21. The number of hydrogen-bond donors (Lipinski definition) is 0. The van der Waals surface area contributed by atoms with Crippen molar-refractivity contribution in [3.05, 3.63) is 57.2 Å². The summed E-state index contributed by atoms with van der Waals surface area (Å²) >= 11 is 9.44. The van der Waals surface area contributed by atoms with Crippen molar-refractivity contribution in [3.63, 3.8) is 0 Å². The van der Waals surface area contributed by atoms with E-state index in [9.17, 15) is 4.79 Å². The van der Waals surface area contributed by atoms with Crippen molar-refractivity contribution in [3.8, 4) is 0 Å². The van der Waals surface area contributed by atoms with Crippen LogP contribution in [0.15, 0.2) is 41.8 Å². The summed E-state index contributed by atoms with van der Waals surface area (Å²) < 4.78 is 0. The summed E-state index contributed by atoms with van der Waals surface area (Å²) in [6.07, 6.45) is 0. The molecule has 1 aromatic carbocycles. The third kappa shape index (κ3) is 5.24. The minimum Gasteiger partial charge on any atom is -0.339 e. The molecule has 2 aromatic rings. The van der Waals surface area contributed by atoms with Crippen LogP contribution in [0.1, 0.15) is 10.4 Å². The molecule has 1 saturated heterocycles. The first-order valence-electron chi connectivity index (χ1n) is 8.05. The number of piperazine rings is 1. The molecule has 0 aliphatic carbocycles. The Morgan fingerprint density at radius 1 is 1.17 bits per heavy atom. The van der Waals surface area contributed by atoms with Crippen LogP contribution in [0.2, 0.25) is 5.02 Å². The summed E-state index contributed by atoms with van der Waals surface area (Å²) in [6.45, 7) is 4.60. The Bertz CT molecular complexity index is 655. The fraction of sp³-hybridized carbons (Fsp3) is 0.389. The van der Waals surface area contributed by atoms with Gasteiger partial charge in [-0.1, -0.05) is 29.8 Å². The molecule has 1 amide bonds. The molecule has 0 radical (unpaired) electrons. The third-order valence-electron chi connectivity index (χ3n) is 4.07. The second kappa shape index (κ2) is 8.90. The predicted octanol–water partition coefficient (Wildman–Crippen LogP) is 3.98. The van der Waals surface area contributed by atoms with E-state index in [1.807, 2.05) is 29.2 Å². The van der Waals surface area contributed by atoms with Gasteiger partial charge in [0.25, 0.3) is 0 Å². The molecule has 0 atom stereocenters. The maximum absolute atomic E-state index is 12.3. The first kappa shape index (κ1) is 17.8.